The molecule has 1 saturated heterocycles. The average Bonchev–Trinajstić information content (AvgIpc) is 2.92. The van der Waals surface area contributed by atoms with Crippen molar-refractivity contribution in [2.24, 2.45) is 0 Å². The molecule has 0 radical (unpaired) electrons. The standard InChI is InChI=1S/C12H18N6O2/c1-16(2)5-8-3-9(19)6-17(8)10-4-11-14-15-12(20)18(11)7-13-10/h4,7-9,19H,3,5-6H2,1-2H3,(H,15,20). The molecule has 1 aliphatic rings. The van der Waals surface area contributed by atoms with Gasteiger partial charge in [-0.05, 0) is 20.5 Å². The van der Waals surface area contributed by atoms with Crippen LogP contribution in [-0.4, -0.2) is 68.9 Å². The van der Waals surface area contributed by atoms with Gasteiger partial charge in [-0.15, -0.1) is 0 Å². The van der Waals surface area contributed by atoms with Crippen molar-refractivity contribution in [3.8, 4) is 0 Å². The Balaban J connectivity index is 1.93. The number of anilines is 1. The number of nitrogens with zero attached hydrogens (tertiary/aromatic N) is 5. The van der Waals surface area contributed by atoms with Gasteiger partial charge in [0.2, 0.25) is 0 Å². The van der Waals surface area contributed by atoms with Crippen LogP contribution >= 0.6 is 0 Å². The summed E-state index contributed by atoms with van der Waals surface area (Å²) in [6, 6.07) is 1.97. The Morgan fingerprint density at radius 1 is 1.55 bits per heavy atom. The predicted molar refractivity (Wildman–Crippen MR) is 73.9 cm³/mol. The molecule has 1 aliphatic heterocycles. The lowest BCUT2D eigenvalue weighted by atomic mass is 10.2. The molecule has 0 amide bonds. The van der Waals surface area contributed by atoms with Gasteiger partial charge in [-0.25, -0.2) is 19.3 Å². The smallest absolute Gasteiger partial charge is 0.348 e. The fraction of sp³-hybridized carbons (Fsp3) is 0.583. The van der Waals surface area contributed by atoms with E-state index in [4.69, 9.17) is 0 Å². The molecule has 8 heteroatoms. The Labute approximate surface area is 115 Å². The monoisotopic (exact) mass is 278 g/mol. The third-order valence-electron chi connectivity index (χ3n) is 3.56. The Bertz CT molecular complexity index is 663. The number of hydrogen-bond donors (Lipinski definition) is 2. The Morgan fingerprint density at radius 2 is 2.35 bits per heavy atom. The molecule has 2 aromatic rings. The molecule has 8 nitrogen and oxygen atoms in total. The minimum atomic E-state index is -0.348. The van der Waals surface area contributed by atoms with Crippen LogP contribution < -0.4 is 10.6 Å². The molecule has 108 valence electrons. The molecule has 20 heavy (non-hydrogen) atoms. The largest absolute Gasteiger partial charge is 0.391 e. The molecule has 0 spiro atoms. The van der Waals surface area contributed by atoms with Gasteiger partial charge < -0.3 is 14.9 Å². The molecule has 2 atom stereocenters. The van der Waals surface area contributed by atoms with E-state index < -0.39 is 0 Å². The molecule has 0 bridgehead atoms. The third-order valence-corrected chi connectivity index (χ3v) is 3.56. The first-order valence-corrected chi connectivity index (χ1v) is 6.57. The van der Waals surface area contributed by atoms with E-state index >= 15 is 0 Å². The lowest BCUT2D eigenvalue weighted by Crippen LogP contribution is -2.38. The first-order valence-electron chi connectivity index (χ1n) is 6.57. The summed E-state index contributed by atoms with van der Waals surface area (Å²) in [7, 11) is 4.01. The number of H-pyrrole nitrogens is 1. The van der Waals surface area contributed by atoms with Crippen molar-refractivity contribution in [2.75, 3.05) is 32.1 Å². The van der Waals surface area contributed by atoms with E-state index in [2.05, 4.69) is 25.0 Å². The number of rotatable bonds is 3. The predicted octanol–water partition coefficient (Wildman–Crippen LogP) is -1.08. The van der Waals surface area contributed by atoms with Crippen molar-refractivity contribution in [1.82, 2.24) is 24.5 Å². The number of aromatic nitrogens is 4. The lowest BCUT2D eigenvalue weighted by molar-refractivity contribution is 0.191. The van der Waals surface area contributed by atoms with Gasteiger partial charge in [-0.2, -0.15) is 5.10 Å². The Morgan fingerprint density at radius 3 is 3.10 bits per heavy atom. The van der Waals surface area contributed by atoms with Crippen LogP contribution in [0.1, 0.15) is 6.42 Å². The zero-order valence-electron chi connectivity index (χ0n) is 11.5. The molecule has 0 aliphatic carbocycles. The van der Waals surface area contributed by atoms with E-state index in [9.17, 15) is 9.90 Å². The minimum absolute atomic E-state index is 0.209. The Hall–Kier alpha value is -1.93. The molecular formula is C12H18N6O2. The van der Waals surface area contributed by atoms with Crippen molar-refractivity contribution in [1.29, 1.82) is 0 Å². The quantitative estimate of drug-likeness (QED) is 0.742. The highest BCUT2D eigenvalue weighted by Crippen LogP contribution is 2.24. The van der Waals surface area contributed by atoms with Crippen LogP contribution in [0.5, 0.6) is 0 Å². The molecule has 1 fully saturated rings. The van der Waals surface area contributed by atoms with Gasteiger partial charge in [-0.3, -0.25) is 0 Å². The van der Waals surface area contributed by atoms with E-state index in [1.54, 1.807) is 6.07 Å². The second-order valence-electron chi connectivity index (χ2n) is 5.46. The topological polar surface area (TPSA) is 89.8 Å². The fourth-order valence-corrected chi connectivity index (χ4v) is 2.72. The fourth-order valence-electron chi connectivity index (χ4n) is 2.72. The van der Waals surface area contributed by atoms with Gasteiger partial charge in [-0.1, -0.05) is 0 Å². The number of β-amino-alcohol motifs (C(OH)–C–C–N with tert-alkyl or cyclic N) is 1. The van der Waals surface area contributed by atoms with Crippen LogP contribution in [0.15, 0.2) is 17.2 Å². The number of aliphatic hydroxyl groups is 1. The number of aromatic amines is 1. The van der Waals surface area contributed by atoms with Crippen LogP contribution in [0.4, 0.5) is 5.82 Å². The maximum absolute atomic E-state index is 11.4. The summed E-state index contributed by atoms with van der Waals surface area (Å²) >= 11 is 0. The van der Waals surface area contributed by atoms with Crippen molar-refractivity contribution in [2.45, 2.75) is 18.6 Å². The van der Waals surface area contributed by atoms with E-state index in [0.717, 1.165) is 18.8 Å². The van der Waals surface area contributed by atoms with E-state index in [1.807, 2.05) is 14.1 Å². The lowest BCUT2D eigenvalue weighted by Gasteiger charge is -2.27. The third kappa shape index (κ3) is 2.27. The highest BCUT2D eigenvalue weighted by molar-refractivity contribution is 5.51. The number of nitrogens with one attached hydrogen (secondary N) is 1. The summed E-state index contributed by atoms with van der Waals surface area (Å²) in [4.78, 5) is 19.9. The molecule has 3 rings (SSSR count). The average molecular weight is 278 g/mol. The molecule has 2 unspecified atom stereocenters. The molecule has 3 heterocycles. The number of hydrogen-bond acceptors (Lipinski definition) is 6. The Kier molecular flexibility index (Phi) is 3.19. The van der Waals surface area contributed by atoms with Gasteiger partial charge in [0, 0.05) is 25.2 Å². The van der Waals surface area contributed by atoms with Crippen LogP contribution in [0.2, 0.25) is 0 Å². The first-order chi connectivity index (χ1) is 9.54. The summed E-state index contributed by atoms with van der Waals surface area (Å²) in [5.41, 5.74) is 0.232. The molecule has 2 aromatic heterocycles. The number of fused-ring (bicyclic) bond motifs is 1. The van der Waals surface area contributed by atoms with Crippen molar-refractivity contribution < 1.29 is 5.11 Å². The van der Waals surface area contributed by atoms with Crippen molar-refractivity contribution >= 4 is 11.5 Å². The summed E-state index contributed by atoms with van der Waals surface area (Å²) in [6.45, 7) is 1.40. The molecular weight excluding hydrogens is 260 g/mol. The summed E-state index contributed by atoms with van der Waals surface area (Å²) in [5.74, 6) is 0.736. The van der Waals surface area contributed by atoms with Crippen molar-refractivity contribution in [3.05, 3.63) is 22.9 Å². The van der Waals surface area contributed by atoms with Crippen LogP contribution in [0, 0.1) is 0 Å². The second-order valence-corrected chi connectivity index (χ2v) is 5.46. The maximum atomic E-state index is 11.4. The molecule has 0 aromatic carbocycles. The van der Waals surface area contributed by atoms with E-state index in [1.165, 1.54) is 10.7 Å². The summed E-state index contributed by atoms with van der Waals surface area (Å²) < 4.78 is 1.36. The second kappa shape index (κ2) is 4.88. The van der Waals surface area contributed by atoms with E-state index in [0.29, 0.717) is 12.2 Å². The summed E-state index contributed by atoms with van der Waals surface area (Å²) in [5, 5.41) is 16.2. The van der Waals surface area contributed by atoms with Crippen LogP contribution in [0.3, 0.4) is 0 Å². The van der Waals surface area contributed by atoms with Crippen LogP contribution in [-0.2, 0) is 0 Å². The highest BCUT2D eigenvalue weighted by atomic mass is 16.3. The first kappa shape index (κ1) is 13.1. The van der Waals surface area contributed by atoms with Gasteiger partial charge in [0.15, 0.2) is 5.65 Å². The van der Waals surface area contributed by atoms with Gasteiger partial charge in [0.1, 0.15) is 12.1 Å². The van der Waals surface area contributed by atoms with Gasteiger partial charge >= 0.3 is 5.69 Å². The minimum Gasteiger partial charge on any atom is -0.391 e. The molecule has 0 saturated carbocycles. The highest BCUT2D eigenvalue weighted by Gasteiger charge is 2.32. The van der Waals surface area contributed by atoms with Gasteiger partial charge in [0.25, 0.3) is 0 Å². The van der Waals surface area contributed by atoms with Gasteiger partial charge in [0.05, 0.1) is 6.10 Å². The normalized spacial score (nSPS) is 23.1. The SMILES string of the molecule is CN(C)CC1CC(O)CN1c1cc2n[nH]c(=O)n2cn1. The van der Waals surface area contributed by atoms with Crippen LogP contribution in [0.25, 0.3) is 5.65 Å². The zero-order chi connectivity index (χ0) is 14.3. The van der Waals surface area contributed by atoms with Crippen molar-refractivity contribution in [3.63, 3.8) is 0 Å². The zero-order valence-corrected chi connectivity index (χ0v) is 11.5. The molecule has 2 N–H and O–H groups in total. The summed E-state index contributed by atoms with van der Waals surface area (Å²) in [6.07, 6.45) is 1.84. The maximum Gasteiger partial charge on any atom is 0.348 e. The number of aliphatic hydroxyl groups excluding tert-OH is 1. The number of likely N-dealkylation sites (N-methyl/N-ethyl adjacent to an activating group) is 1. The van der Waals surface area contributed by atoms with E-state index in [-0.39, 0.29) is 17.8 Å².